The summed E-state index contributed by atoms with van der Waals surface area (Å²) in [4.78, 5) is 7.25. The second-order valence-electron chi connectivity index (χ2n) is 4.46. The third-order valence-electron chi connectivity index (χ3n) is 3.22. The lowest BCUT2D eigenvalue weighted by Gasteiger charge is -2.14. The number of H-pyrrole nitrogens is 1. The highest BCUT2D eigenvalue weighted by Crippen LogP contribution is 2.26. The number of rotatable bonds is 2. The molecule has 1 aliphatic heterocycles. The fourth-order valence-corrected chi connectivity index (χ4v) is 3.92. The van der Waals surface area contributed by atoms with Gasteiger partial charge in [-0.2, -0.15) is 4.31 Å². The van der Waals surface area contributed by atoms with E-state index in [2.05, 4.69) is 9.97 Å². The van der Waals surface area contributed by atoms with Crippen molar-refractivity contribution in [3.05, 3.63) is 24.5 Å². The summed E-state index contributed by atoms with van der Waals surface area (Å²) in [5.41, 5.74) is 6.34. The molecule has 6 nitrogen and oxygen atoms in total. The number of fused-ring (bicyclic) bond motifs is 1. The largest absolute Gasteiger partial charge is 0.345 e. The Bertz CT molecular complexity index is 679. The second kappa shape index (κ2) is 4.04. The molecule has 2 aromatic rings. The summed E-state index contributed by atoms with van der Waals surface area (Å²) in [5, 5.41) is 0.623. The molecule has 1 saturated heterocycles. The molecule has 1 fully saturated rings. The second-order valence-corrected chi connectivity index (χ2v) is 6.37. The van der Waals surface area contributed by atoms with E-state index in [4.69, 9.17) is 5.73 Å². The molecule has 0 spiro atoms. The number of sulfonamides is 1. The van der Waals surface area contributed by atoms with Crippen molar-refractivity contribution in [3.8, 4) is 0 Å². The van der Waals surface area contributed by atoms with Crippen LogP contribution >= 0.6 is 0 Å². The third-order valence-corrected chi connectivity index (χ3v) is 5.12. The summed E-state index contributed by atoms with van der Waals surface area (Å²) in [7, 11) is -3.47. The topological polar surface area (TPSA) is 92.1 Å². The zero-order valence-electron chi connectivity index (χ0n) is 9.70. The van der Waals surface area contributed by atoms with E-state index >= 15 is 0 Å². The maximum atomic E-state index is 12.5. The Balaban J connectivity index is 2.08. The summed E-state index contributed by atoms with van der Waals surface area (Å²) in [6, 6.07) is 3.41. The maximum Gasteiger partial charge on any atom is 0.245 e. The number of nitrogens with one attached hydrogen (secondary N) is 1. The Morgan fingerprint density at radius 3 is 3.06 bits per heavy atom. The summed E-state index contributed by atoms with van der Waals surface area (Å²) in [5.74, 6) is 0. The van der Waals surface area contributed by atoms with E-state index in [1.807, 2.05) is 0 Å². The zero-order chi connectivity index (χ0) is 12.8. The van der Waals surface area contributed by atoms with Crippen molar-refractivity contribution in [2.45, 2.75) is 17.4 Å². The van der Waals surface area contributed by atoms with Crippen LogP contribution in [0, 0.1) is 0 Å². The Kier molecular flexibility index (Phi) is 2.61. The first-order valence-corrected chi connectivity index (χ1v) is 7.21. The third kappa shape index (κ3) is 1.71. The van der Waals surface area contributed by atoms with Gasteiger partial charge in [0.15, 0.2) is 0 Å². The van der Waals surface area contributed by atoms with Gasteiger partial charge < -0.3 is 10.7 Å². The van der Waals surface area contributed by atoms with Gasteiger partial charge in [0.05, 0.1) is 0 Å². The molecule has 0 saturated carbocycles. The molecule has 0 amide bonds. The molecule has 0 radical (unpaired) electrons. The molecular formula is C11H14N4O2S. The van der Waals surface area contributed by atoms with Gasteiger partial charge in [0.25, 0.3) is 0 Å². The van der Waals surface area contributed by atoms with E-state index in [1.165, 1.54) is 10.5 Å². The quantitative estimate of drug-likeness (QED) is 0.817. The molecule has 3 heterocycles. The van der Waals surface area contributed by atoms with E-state index < -0.39 is 10.0 Å². The van der Waals surface area contributed by atoms with Gasteiger partial charge in [-0.3, -0.25) is 0 Å². The zero-order valence-corrected chi connectivity index (χ0v) is 10.5. The number of nitrogens with two attached hydrogens (primary N) is 1. The number of nitrogens with zero attached hydrogens (tertiary/aromatic N) is 2. The van der Waals surface area contributed by atoms with Gasteiger partial charge in [0, 0.05) is 36.9 Å². The molecular weight excluding hydrogens is 252 g/mol. The molecule has 0 bridgehead atoms. The van der Waals surface area contributed by atoms with E-state index in [9.17, 15) is 8.42 Å². The minimum absolute atomic E-state index is 0.0666. The lowest BCUT2D eigenvalue weighted by molar-refractivity contribution is 0.473. The number of hydrogen-bond donors (Lipinski definition) is 2. The normalized spacial score (nSPS) is 21.7. The van der Waals surface area contributed by atoms with Gasteiger partial charge in [-0.05, 0) is 18.6 Å². The molecule has 0 unspecified atom stereocenters. The van der Waals surface area contributed by atoms with Crippen LogP contribution in [0.3, 0.4) is 0 Å². The maximum absolute atomic E-state index is 12.5. The number of aromatic amines is 1. The first kappa shape index (κ1) is 11.6. The van der Waals surface area contributed by atoms with E-state index in [0.717, 1.165) is 0 Å². The van der Waals surface area contributed by atoms with Crippen LogP contribution in [0.5, 0.6) is 0 Å². The van der Waals surface area contributed by atoms with E-state index in [-0.39, 0.29) is 10.9 Å². The van der Waals surface area contributed by atoms with E-state index in [1.54, 1.807) is 18.3 Å². The van der Waals surface area contributed by atoms with Crippen molar-refractivity contribution in [2.75, 3.05) is 13.1 Å². The molecule has 7 heteroatoms. The fraction of sp³-hybridized carbons (Fsp3) is 0.364. The van der Waals surface area contributed by atoms with Gasteiger partial charge in [-0.25, -0.2) is 13.4 Å². The van der Waals surface area contributed by atoms with Crippen LogP contribution in [0.2, 0.25) is 0 Å². The SMILES string of the molecule is N[C@H]1CCN(S(=O)(=O)c2c[nH]c3ncccc23)C1. The Morgan fingerprint density at radius 1 is 1.50 bits per heavy atom. The first-order valence-electron chi connectivity index (χ1n) is 5.77. The molecule has 96 valence electrons. The molecule has 2 aromatic heterocycles. The predicted octanol–water partition coefficient (Wildman–Crippen LogP) is 0.285. The smallest absolute Gasteiger partial charge is 0.245 e. The van der Waals surface area contributed by atoms with Gasteiger partial charge in [-0.1, -0.05) is 0 Å². The van der Waals surface area contributed by atoms with Crippen LogP contribution in [-0.2, 0) is 10.0 Å². The summed E-state index contributed by atoms with van der Waals surface area (Å²) < 4.78 is 26.4. The van der Waals surface area contributed by atoms with Crippen molar-refractivity contribution in [2.24, 2.45) is 5.73 Å². The lowest BCUT2D eigenvalue weighted by Crippen LogP contribution is -2.31. The van der Waals surface area contributed by atoms with Gasteiger partial charge in [0.1, 0.15) is 10.5 Å². The van der Waals surface area contributed by atoms with Crippen molar-refractivity contribution in [1.29, 1.82) is 0 Å². The monoisotopic (exact) mass is 266 g/mol. The summed E-state index contributed by atoms with van der Waals surface area (Å²) >= 11 is 0. The molecule has 1 aliphatic rings. The Hall–Kier alpha value is -1.44. The number of aromatic nitrogens is 2. The molecule has 1 atom stereocenters. The van der Waals surface area contributed by atoms with Crippen molar-refractivity contribution < 1.29 is 8.42 Å². The summed E-state index contributed by atoms with van der Waals surface area (Å²) in [6.07, 6.45) is 3.83. The van der Waals surface area contributed by atoms with Gasteiger partial charge >= 0.3 is 0 Å². The average Bonchev–Trinajstić information content (AvgIpc) is 2.95. The first-order chi connectivity index (χ1) is 8.59. The number of pyridine rings is 1. The highest BCUT2D eigenvalue weighted by molar-refractivity contribution is 7.89. The highest BCUT2D eigenvalue weighted by Gasteiger charge is 2.32. The lowest BCUT2D eigenvalue weighted by atomic mass is 10.3. The number of hydrogen-bond acceptors (Lipinski definition) is 4. The van der Waals surface area contributed by atoms with Crippen molar-refractivity contribution in [1.82, 2.24) is 14.3 Å². The van der Waals surface area contributed by atoms with Crippen molar-refractivity contribution in [3.63, 3.8) is 0 Å². The molecule has 0 aromatic carbocycles. The van der Waals surface area contributed by atoms with Gasteiger partial charge in [-0.15, -0.1) is 0 Å². The average molecular weight is 266 g/mol. The van der Waals surface area contributed by atoms with Crippen LogP contribution in [0.25, 0.3) is 11.0 Å². The standard InChI is InChI=1S/C11H14N4O2S/c12-8-3-5-15(7-8)18(16,17)10-6-14-11-9(10)2-1-4-13-11/h1-2,4,6,8H,3,5,7,12H2,(H,13,14)/t8-/m0/s1. The minimum atomic E-state index is -3.47. The van der Waals surface area contributed by atoms with Crippen LogP contribution in [0.15, 0.2) is 29.4 Å². The van der Waals surface area contributed by atoms with Crippen LogP contribution in [0.4, 0.5) is 0 Å². The van der Waals surface area contributed by atoms with Crippen molar-refractivity contribution >= 4 is 21.1 Å². The Morgan fingerprint density at radius 2 is 2.33 bits per heavy atom. The van der Waals surface area contributed by atoms with Crippen LogP contribution in [-0.4, -0.2) is 41.8 Å². The highest BCUT2D eigenvalue weighted by atomic mass is 32.2. The molecule has 18 heavy (non-hydrogen) atoms. The predicted molar refractivity (Wildman–Crippen MR) is 67.4 cm³/mol. The Labute approximate surface area is 105 Å². The summed E-state index contributed by atoms with van der Waals surface area (Å²) in [6.45, 7) is 0.867. The molecule has 3 rings (SSSR count). The molecule has 3 N–H and O–H groups in total. The fourth-order valence-electron chi connectivity index (χ4n) is 2.26. The van der Waals surface area contributed by atoms with E-state index in [0.29, 0.717) is 30.5 Å². The van der Waals surface area contributed by atoms with Crippen LogP contribution in [0.1, 0.15) is 6.42 Å². The van der Waals surface area contributed by atoms with Gasteiger partial charge in [0.2, 0.25) is 10.0 Å². The molecule has 0 aliphatic carbocycles. The van der Waals surface area contributed by atoms with Crippen LogP contribution < -0.4 is 5.73 Å². The minimum Gasteiger partial charge on any atom is -0.345 e.